The van der Waals surface area contributed by atoms with Crippen LogP contribution in [0.1, 0.15) is 31.5 Å². The van der Waals surface area contributed by atoms with E-state index in [0.29, 0.717) is 6.42 Å². The number of para-hydroxylation sites is 2. The molecule has 0 unspecified atom stereocenters. The van der Waals surface area contributed by atoms with E-state index in [1.165, 1.54) is 25.7 Å². The third-order valence-corrected chi connectivity index (χ3v) is 5.13. The summed E-state index contributed by atoms with van der Waals surface area (Å²) >= 11 is 4.59. The van der Waals surface area contributed by atoms with E-state index in [-0.39, 0.29) is 5.41 Å². The van der Waals surface area contributed by atoms with Crippen molar-refractivity contribution in [2.24, 2.45) is 5.41 Å². The molecule has 0 aliphatic heterocycles. The van der Waals surface area contributed by atoms with Gasteiger partial charge < -0.3 is 4.57 Å². The number of fused-ring (bicyclic) bond motifs is 1. The Morgan fingerprint density at radius 1 is 1.30 bits per heavy atom. The predicted molar refractivity (Wildman–Crippen MR) is 83.8 cm³/mol. The number of aromatic nitrogens is 2. The molecule has 1 heterocycles. The summed E-state index contributed by atoms with van der Waals surface area (Å²) in [7, 11) is 0. The van der Waals surface area contributed by atoms with Crippen LogP contribution in [0.5, 0.6) is 0 Å². The largest absolute Gasteiger partial charge is 0.327 e. The highest BCUT2D eigenvalue weighted by molar-refractivity contribution is 7.80. The molecule has 1 fully saturated rings. The number of imidazole rings is 1. The molecule has 104 valence electrons. The van der Waals surface area contributed by atoms with Gasteiger partial charge in [0.25, 0.3) is 0 Å². The van der Waals surface area contributed by atoms with Gasteiger partial charge in [-0.05, 0) is 36.1 Å². The van der Waals surface area contributed by atoms with Crippen molar-refractivity contribution in [1.29, 1.82) is 5.26 Å². The van der Waals surface area contributed by atoms with Crippen LogP contribution in [-0.2, 0) is 13.0 Å². The van der Waals surface area contributed by atoms with Gasteiger partial charge in [-0.15, -0.1) is 0 Å². The van der Waals surface area contributed by atoms with Gasteiger partial charge in [0.05, 0.1) is 23.5 Å². The number of rotatable bonds is 4. The lowest BCUT2D eigenvalue weighted by molar-refractivity contribution is 0.291. The van der Waals surface area contributed by atoms with Gasteiger partial charge in [-0.1, -0.05) is 25.0 Å². The van der Waals surface area contributed by atoms with E-state index >= 15 is 0 Å². The van der Waals surface area contributed by atoms with Crippen molar-refractivity contribution >= 4 is 23.7 Å². The van der Waals surface area contributed by atoms with Crippen molar-refractivity contribution in [3.63, 3.8) is 0 Å². The summed E-state index contributed by atoms with van der Waals surface area (Å²) in [6.07, 6.45) is 5.42. The van der Waals surface area contributed by atoms with Gasteiger partial charge >= 0.3 is 0 Å². The Labute approximate surface area is 125 Å². The Bertz CT molecular complexity index is 647. The predicted octanol–water partition coefficient (Wildman–Crippen LogP) is 3.59. The molecule has 0 N–H and O–H groups in total. The highest BCUT2D eigenvalue weighted by atomic mass is 32.1. The second-order valence-corrected chi connectivity index (χ2v) is 6.12. The zero-order chi connectivity index (χ0) is 14.0. The van der Waals surface area contributed by atoms with Crippen LogP contribution in [0, 0.1) is 16.7 Å². The van der Waals surface area contributed by atoms with Gasteiger partial charge in [0.1, 0.15) is 5.82 Å². The second-order valence-electron chi connectivity index (χ2n) is 5.80. The maximum absolute atomic E-state index is 9.03. The first-order valence-electron chi connectivity index (χ1n) is 7.20. The van der Waals surface area contributed by atoms with Crippen LogP contribution in [-0.4, -0.2) is 15.3 Å². The minimum absolute atomic E-state index is 0.275. The van der Waals surface area contributed by atoms with Crippen molar-refractivity contribution in [3.05, 3.63) is 30.1 Å². The normalized spacial score (nSPS) is 17.4. The maximum Gasteiger partial charge on any atom is 0.124 e. The fourth-order valence-electron chi connectivity index (χ4n) is 3.33. The number of hydrogen-bond donors (Lipinski definition) is 1. The average molecular weight is 285 g/mol. The molecule has 1 saturated carbocycles. The van der Waals surface area contributed by atoms with Gasteiger partial charge in [-0.3, -0.25) is 0 Å². The Morgan fingerprint density at radius 2 is 2.05 bits per heavy atom. The Balaban J connectivity index is 2.04. The van der Waals surface area contributed by atoms with E-state index in [1.807, 2.05) is 18.2 Å². The van der Waals surface area contributed by atoms with Crippen LogP contribution in [0.4, 0.5) is 0 Å². The third-order valence-electron chi connectivity index (χ3n) is 4.46. The van der Waals surface area contributed by atoms with E-state index in [4.69, 9.17) is 5.26 Å². The van der Waals surface area contributed by atoms with Crippen molar-refractivity contribution in [2.45, 2.75) is 38.6 Å². The van der Waals surface area contributed by atoms with Crippen LogP contribution in [0.2, 0.25) is 0 Å². The molecule has 1 aliphatic carbocycles. The van der Waals surface area contributed by atoms with Crippen molar-refractivity contribution in [1.82, 2.24) is 9.55 Å². The lowest BCUT2D eigenvalue weighted by Gasteiger charge is -2.28. The summed E-state index contributed by atoms with van der Waals surface area (Å²) in [6.45, 7) is 0.939. The van der Waals surface area contributed by atoms with Gasteiger partial charge in [0.15, 0.2) is 0 Å². The molecule has 0 spiro atoms. The molecule has 20 heavy (non-hydrogen) atoms. The van der Waals surface area contributed by atoms with E-state index in [2.05, 4.69) is 34.3 Å². The number of nitrogens with zero attached hydrogens (tertiary/aromatic N) is 3. The smallest absolute Gasteiger partial charge is 0.124 e. The minimum Gasteiger partial charge on any atom is -0.327 e. The highest BCUT2D eigenvalue weighted by Crippen LogP contribution is 2.41. The number of thiol groups is 1. The average Bonchev–Trinajstić information content (AvgIpc) is 3.07. The van der Waals surface area contributed by atoms with Gasteiger partial charge in [-0.2, -0.15) is 17.9 Å². The summed E-state index contributed by atoms with van der Waals surface area (Å²) in [4.78, 5) is 4.63. The number of nitriles is 1. The van der Waals surface area contributed by atoms with E-state index in [1.54, 1.807) is 0 Å². The molecule has 0 radical (unpaired) electrons. The molecular formula is C16H19N3S. The van der Waals surface area contributed by atoms with Crippen LogP contribution in [0.15, 0.2) is 24.3 Å². The molecule has 4 heteroatoms. The standard InChI is InChI=1S/C16H19N3S/c17-10-7-15-18-13-5-1-2-6-14(13)19(15)11-16(12-20)8-3-4-9-16/h1-2,5-6,20H,3-4,7-9,11-12H2. The molecule has 2 aromatic rings. The number of hydrogen-bond acceptors (Lipinski definition) is 3. The lowest BCUT2D eigenvalue weighted by atomic mass is 9.88. The summed E-state index contributed by atoms with van der Waals surface area (Å²) < 4.78 is 2.25. The first-order chi connectivity index (χ1) is 9.78. The molecule has 1 aromatic carbocycles. The molecule has 0 bridgehead atoms. The number of benzene rings is 1. The fraction of sp³-hybridized carbons (Fsp3) is 0.500. The second kappa shape index (κ2) is 5.49. The van der Waals surface area contributed by atoms with E-state index in [0.717, 1.165) is 29.2 Å². The minimum atomic E-state index is 0.275. The zero-order valence-electron chi connectivity index (χ0n) is 11.5. The quantitative estimate of drug-likeness (QED) is 0.872. The monoisotopic (exact) mass is 285 g/mol. The topological polar surface area (TPSA) is 41.6 Å². The summed E-state index contributed by atoms with van der Waals surface area (Å²) in [5, 5.41) is 9.03. The molecule has 0 atom stereocenters. The van der Waals surface area contributed by atoms with Crippen LogP contribution in [0.3, 0.4) is 0 Å². The molecular weight excluding hydrogens is 266 g/mol. The van der Waals surface area contributed by atoms with Crippen molar-refractivity contribution < 1.29 is 0 Å². The molecule has 3 rings (SSSR count). The van der Waals surface area contributed by atoms with Gasteiger partial charge in [-0.25, -0.2) is 4.98 Å². The highest BCUT2D eigenvalue weighted by Gasteiger charge is 2.33. The fourth-order valence-corrected chi connectivity index (χ4v) is 3.75. The van der Waals surface area contributed by atoms with Gasteiger partial charge in [0.2, 0.25) is 0 Å². The third kappa shape index (κ3) is 2.31. The SMILES string of the molecule is N#CCc1nc2ccccc2n1CC1(CS)CCCC1. The Hall–Kier alpha value is -1.47. The van der Waals surface area contributed by atoms with E-state index in [9.17, 15) is 0 Å². The lowest BCUT2D eigenvalue weighted by Crippen LogP contribution is -2.26. The molecule has 0 amide bonds. The van der Waals surface area contributed by atoms with Crippen molar-refractivity contribution in [2.75, 3.05) is 5.75 Å². The first kappa shape index (κ1) is 13.5. The van der Waals surface area contributed by atoms with Crippen LogP contribution >= 0.6 is 12.6 Å². The van der Waals surface area contributed by atoms with Crippen LogP contribution in [0.25, 0.3) is 11.0 Å². The van der Waals surface area contributed by atoms with Crippen LogP contribution < -0.4 is 0 Å². The summed E-state index contributed by atoms with van der Waals surface area (Å²) in [5.41, 5.74) is 2.41. The molecule has 0 saturated heterocycles. The van der Waals surface area contributed by atoms with E-state index < -0.39 is 0 Å². The summed E-state index contributed by atoms with van der Waals surface area (Å²) in [6, 6.07) is 10.4. The van der Waals surface area contributed by atoms with Gasteiger partial charge in [0, 0.05) is 6.54 Å². The Kier molecular flexibility index (Phi) is 3.71. The summed E-state index contributed by atoms with van der Waals surface area (Å²) in [5.74, 6) is 1.80. The molecule has 1 aromatic heterocycles. The molecule has 3 nitrogen and oxygen atoms in total. The Morgan fingerprint density at radius 3 is 2.75 bits per heavy atom. The first-order valence-corrected chi connectivity index (χ1v) is 7.83. The maximum atomic E-state index is 9.03. The molecule has 1 aliphatic rings. The van der Waals surface area contributed by atoms with Crippen molar-refractivity contribution in [3.8, 4) is 6.07 Å². The zero-order valence-corrected chi connectivity index (χ0v) is 12.4.